The van der Waals surface area contributed by atoms with Crippen LogP contribution in [0.1, 0.15) is 6.92 Å². The fourth-order valence-corrected chi connectivity index (χ4v) is 1.55. The minimum atomic E-state index is -0.209. The van der Waals surface area contributed by atoms with Gasteiger partial charge in [-0.15, -0.1) is 0 Å². The highest BCUT2D eigenvalue weighted by Gasteiger charge is 2.27. The maximum Gasteiger partial charge on any atom is 0.348 e. The third kappa shape index (κ3) is 1.25. The second kappa shape index (κ2) is 2.92. The number of nitrogens with zero attached hydrogens (tertiary/aromatic N) is 2. The summed E-state index contributed by atoms with van der Waals surface area (Å²) in [6.07, 6.45) is 0. The van der Waals surface area contributed by atoms with Crippen molar-refractivity contribution in [3.8, 4) is 0 Å². The van der Waals surface area contributed by atoms with Crippen molar-refractivity contribution >= 4 is 29.0 Å². The van der Waals surface area contributed by atoms with Gasteiger partial charge in [-0.25, -0.2) is 4.79 Å². The van der Waals surface area contributed by atoms with E-state index in [4.69, 9.17) is 11.6 Å². The molecule has 67 valence electrons. The zero-order chi connectivity index (χ0) is 9.42. The first-order valence-corrected chi connectivity index (χ1v) is 4.43. The van der Waals surface area contributed by atoms with E-state index in [0.717, 1.165) is 5.69 Å². The van der Waals surface area contributed by atoms with Crippen LogP contribution in [0, 0.1) is 0 Å². The first-order chi connectivity index (χ1) is 6.22. The van der Waals surface area contributed by atoms with Gasteiger partial charge >= 0.3 is 6.03 Å². The van der Waals surface area contributed by atoms with Crippen molar-refractivity contribution in [3.05, 3.63) is 23.2 Å². The first-order valence-electron chi connectivity index (χ1n) is 4.05. The van der Waals surface area contributed by atoms with Gasteiger partial charge in [-0.2, -0.15) is 5.32 Å². The molecule has 1 aliphatic rings. The summed E-state index contributed by atoms with van der Waals surface area (Å²) in [5.74, 6) is 0. The molecule has 1 aromatic rings. The highest BCUT2D eigenvalue weighted by molar-refractivity contribution is 6.31. The second-order valence-corrected chi connectivity index (χ2v) is 3.21. The largest absolute Gasteiger partial charge is 0.348 e. The monoisotopic (exact) mass is 195 g/mol. The summed E-state index contributed by atoms with van der Waals surface area (Å²) >= 11 is 5.81. The molecular formula is C9H8ClN2O. The fraction of sp³-hybridized carbons (Fsp3) is 0.222. The standard InChI is InChI=1S/C9H8ClN2O/c1-2-12-8-5-6(10)3-4-7(8)11-9(12)13/h3-5H,2H2,1H3. The van der Waals surface area contributed by atoms with E-state index >= 15 is 0 Å². The lowest BCUT2D eigenvalue weighted by Gasteiger charge is -2.11. The summed E-state index contributed by atoms with van der Waals surface area (Å²) in [5.41, 5.74) is 1.51. The van der Waals surface area contributed by atoms with Crippen molar-refractivity contribution in [2.75, 3.05) is 11.4 Å². The number of fused-ring (bicyclic) bond motifs is 1. The van der Waals surface area contributed by atoms with Crippen LogP contribution in [0.2, 0.25) is 5.02 Å². The lowest BCUT2D eigenvalue weighted by Crippen LogP contribution is -2.27. The predicted molar refractivity (Wildman–Crippen MR) is 51.7 cm³/mol. The van der Waals surface area contributed by atoms with Gasteiger partial charge in [0.05, 0.1) is 11.4 Å². The van der Waals surface area contributed by atoms with Gasteiger partial charge in [0.15, 0.2) is 0 Å². The molecule has 0 spiro atoms. The number of anilines is 1. The quantitative estimate of drug-likeness (QED) is 0.678. The summed E-state index contributed by atoms with van der Waals surface area (Å²) in [5, 5.41) is 4.50. The Bertz CT molecular complexity index is 365. The molecule has 0 aromatic heterocycles. The van der Waals surface area contributed by atoms with E-state index < -0.39 is 0 Å². The molecule has 0 bridgehead atoms. The van der Waals surface area contributed by atoms with Crippen molar-refractivity contribution in [1.82, 2.24) is 5.32 Å². The van der Waals surface area contributed by atoms with Crippen LogP contribution in [-0.4, -0.2) is 12.6 Å². The van der Waals surface area contributed by atoms with Crippen LogP contribution in [-0.2, 0) is 0 Å². The Balaban J connectivity index is 2.50. The Morgan fingerprint density at radius 3 is 3.00 bits per heavy atom. The maximum atomic E-state index is 11.3. The molecule has 2 amide bonds. The van der Waals surface area contributed by atoms with Gasteiger partial charge in [0.2, 0.25) is 0 Å². The Kier molecular flexibility index (Phi) is 1.88. The fourth-order valence-electron chi connectivity index (χ4n) is 1.38. The van der Waals surface area contributed by atoms with Crippen molar-refractivity contribution < 1.29 is 4.79 Å². The Labute approximate surface area is 81.3 Å². The molecule has 1 aliphatic heterocycles. The number of urea groups is 1. The molecule has 0 N–H and O–H groups in total. The average molecular weight is 196 g/mol. The molecule has 0 atom stereocenters. The number of rotatable bonds is 1. The van der Waals surface area contributed by atoms with Gasteiger partial charge in [0.25, 0.3) is 0 Å². The van der Waals surface area contributed by atoms with Gasteiger partial charge in [0, 0.05) is 11.6 Å². The van der Waals surface area contributed by atoms with Crippen LogP contribution in [0.5, 0.6) is 0 Å². The normalized spacial score (nSPS) is 14.3. The maximum absolute atomic E-state index is 11.3. The van der Waals surface area contributed by atoms with Crippen LogP contribution in [0.3, 0.4) is 0 Å². The Morgan fingerprint density at radius 1 is 1.54 bits per heavy atom. The number of hydrogen-bond donors (Lipinski definition) is 0. The van der Waals surface area contributed by atoms with Crippen molar-refractivity contribution in [1.29, 1.82) is 0 Å². The van der Waals surface area contributed by atoms with E-state index in [9.17, 15) is 4.79 Å². The SMILES string of the molecule is CCN1C(=O)[N]c2ccc(Cl)cc21. The highest BCUT2D eigenvalue weighted by Crippen LogP contribution is 2.34. The van der Waals surface area contributed by atoms with E-state index in [0.29, 0.717) is 17.3 Å². The molecule has 3 nitrogen and oxygen atoms in total. The van der Waals surface area contributed by atoms with Gasteiger partial charge in [-0.3, -0.25) is 4.90 Å². The number of benzene rings is 1. The van der Waals surface area contributed by atoms with Gasteiger partial charge in [-0.1, -0.05) is 11.6 Å². The van der Waals surface area contributed by atoms with Crippen LogP contribution in [0.4, 0.5) is 16.2 Å². The Morgan fingerprint density at radius 2 is 2.31 bits per heavy atom. The highest BCUT2D eigenvalue weighted by atomic mass is 35.5. The topological polar surface area (TPSA) is 34.4 Å². The molecule has 1 aromatic carbocycles. The summed E-state index contributed by atoms with van der Waals surface area (Å²) in [6.45, 7) is 2.53. The van der Waals surface area contributed by atoms with Crippen LogP contribution in [0.15, 0.2) is 18.2 Å². The number of carbonyl (C=O) groups is 1. The molecule has 0 fully saturated rings. The number of halogens is 1. The molecule has 4 heteroatoms. The second-order valence-electron chi connectivity index (χ2n) is 2.77. The third-order valence-corrected chi connectivity index (χ3v) is 2.23. The molecule has 1 radical (unpaired) electrons. The molecule has 0 saturated heterocycles. The molecule has 13 heavy (non-hydrogen) atoms. The van der Waals surface area contributed by atoms with Crippen molar-refractivity contribution in [2.24, 2.45) is 0 Å². The van der Waals surface area contributed by atoms with Crippen LogP contribution < -0.4 is 10.2 Å². The zero-order valence-corrected chi connectivity index (χ0v) is 7.88. The molecule has 0 unspecified atom stereocenters. The van der Waals surface area contributed by atoms with Gasteiger partial charge in [0.1, 0.15) is 0 Å². The summed E-state index contributed by atoms with van der Waals surface area (Å²) in [7, 11) is 0. The van der Waals surface area contributed by atoms with Crippen molar-refractivity contribution in [3.63, 3.8) is 0 Å². The lowest BCUT2D eigenvalue weighted by atomic mass is 10.2. The van der Waals surface area contributed by atoms with Crippen LogP contribution in [0.25, 0.3) is 0 Å². The molecule has 1 heterocycles. The van der Waals surface area contributed by atoms with Crippen molar-refractivity contribution in [2.45, 2.75) is 6.92 Å². The smallest absolute Gasteiger partial charge is 0.291 e. The van der Waals surface area contributed by atoms with E-state index in [1.54, 1.807) is 23.1 Å². The number of carbonyl (C=O) groups excluding carboxylic acids is 1. The summed E-state index contributed by atoms with van der Waals surface area (Å²) < 4.78 is 0. The molecule has 0 aliphatic carbocycles. The van der Waals surface area contributed by atoms with E-state index in [-0.39, 0.29) is 6.03 Å². The summed E-state index contributed by atoms with van der Waals surface area (Å²) in [4.78, 5) is 12.9. The minimum Gasteiger partial charge on any atom is -0.291 e. The number of amides is 2. The minimum absolute atomic E-state index is 0.209. The van der Waals surface area contributed by atoms with Gasteiger partial charge in [-0.05, 0) is 25.1 Å². The molecule has 2 rings (SSSR count). The summed E-state index contributed by atoms with van der Waals surface area (Å²) in [6, 6.07) is 5.04. The van der Waals surface area contributed by atoms with E-state index in [2.05, 4.69) is 5.32 Å². The third-order valence-electron chi connectivity index (χ3n) is 1.99. The van der Waals surface area contributed by atoms with E-state index in [1.165, 1.54) is 0 Å². The van der Waals surface area contributed by atoms with Gasteiger partial charge < -0.3 is 0 Å². The molecular weight excluding hydrogens is 188 g/mol. The first kappa shape index (κ1) is 8.38. The molecule has 0 saturated carbocycles. The zero-order valence-electron chi connectivity index (χ0n) is 7.12. The predicted octanol–water partition coefficient (Wildman–Crippen LogP) is 2.54. The lowest BCUT2D eigenvalue weighted by molar-refractivity contribution is 0.251. The Hall–Kier alpha value is -1.22. The van der Waals surface area contributed by atoms with E-state index in [1.807, 2.05) is 6.92 Å². The average Bonchev–Trinajstić information content (AvgIpc) is 2.40. The van der Waals surface area contributed by atoms with Crippen LogP contribution >= 0.6 is 11.6 Å². The number of hydrogen-bond acceptors (Lipinski definition) is 1.